The van der Waals surface area contributed by atoms with Crippen molar-refractivity contribution in [1.82, 2.24) is 9.88 Å². The maximum absolute atomic E-state index is 12.5. The quantitative estimate of drug-likeness (QED) is 0.877. The van der Waals surface area contributed by atoms with Gasteiger partial charge in [-0.15, -0.1) is 0 Å². The Morgan fingerprint density at radius 1 is 1.35 bits per heavy atom. The summed E-state index contributed by atoms with van der Waals surface area (Å²) in [5.74, 6) is 0.293. The molecule has 1 fully saturated rings. The first-order valence-electron chi connectivity index (χ1n) is 6.36. The third kappa shape index (κ3) is 3.04. The molecule has 0 bridgehead atoms. The third-order valence-corrected chi connectivity index (χ3v) is 3.24. The number of rotatable bonds is 4. The summed E-state index contributed by atoms with van der Waals surface area (Å²) in [7, 11) is 0. The third-order valence-electron chi connectivity index (χ3n) is 3.24. The lowest BCUT2D eigenvalue weighted by molar-refractivity contribution is -0.149. The molecule has 1 aliphatic carbocycles. The fourth-order valence-corrected chi connectivity index (χ4v) is 2.22. The van der Waals surface area contributed by atoms with Crippen molar-refractivity contribution in [3.8, 4) is 0 Å². The van der Waals surface area contributed by atoms with Crippen molar-refractivity contribution in [3.05, 3.63) is 24.1 Å². The smallest absolute Gasteiger partial charge is 0.401 e. The van der Waals surface area contributed by atoms with E-state index >= 15 is 0 Å². The minimum absolute atomic E-state index is 0.0169. The Kier molecular flexibility index (Phi) is 3.08. The van der Waals surface area contributed by atoms with Crippen molar-refractivity contribution in [2.45, 2.75) is 31.6 Å². The summed E-state index contributed by atoms with van der Waals surface area (Å²) in [4.78, 5) is 5.57. The van der Waals surface area contributed by atoms with Crippen LogP contribution in [0, 0.1) is 0 Å². The summed E-state index contributed by atoms with van der Waals surface area (Å²) in [6, 6.07) is 4.97. The maximum atomic E-state index is 12.5. The minimum Gasteiger partial charge on any atom is -0.439 e. The number of fused-ring (bicyclic) bond motifs is 1. The van der Waals surface area contributed by atoms with Crippen molar-refractivity contribution < 1.29 is 17.6 Å². The molecular weight excluding hydrogens is 271 g/mol. The Morgan fingerprint density at radius 2 is 2.10 bits per heavy atom. The van der Waals surface area contributed by atoms with Gasteiger partial charge in [0.2, 0.25) is 5.89 Å². The Morgan fingerprint density at radius 3 is 2.75 bits per heavy atom. The van der Waals surface area contributed by atoms with Gasteiger partial charge in [0, 0.05) is 11.7 Å². The van der Waals surface area contributed by atoms with E-state index in [9.17, 15) is 13.2 Å². The lowest BCUT2D eigenvalue weighted by Crippen LogP contribution is -2.35. The number of benzene rings is 1. The number of nitrogens with zero attached hydrogens (tertiary/aromatic N) is 2. The van der Waals surface area contributed by atoms with Gasteiger partial charge < -0.3 is 10.2 Å². The van der Waals surface area contributed by atoms with Gasteiger partial charge >= 0.3 is 6.18 Å². The maximum Gasteiger partial charge on any atom is 0.401 e. The molecule has 1 aromatic heterocycles. The molecule has 2 aromatic rings. The second-order valence-electron chi connectivity index (χ2n) is 5.09. The molecule has 0 unspecified atom stereocenters. The van der Waals surface area contributed by atoms with Crippen LogP contribution in [0.25, 0.3) is 11.1 Å². The van der Waals surface area contributed by atoms with Gasteiger partial charge in [0.1, 0.15) is 5.52 Å². The van der Waals surface area contributed by atoms with Gasteiger partial charge in [-0.05, 0) is 31.0 Å². The average Bonchev–Trinajstić information content (AvgIpc) is 3.08. The molecule has 0 amide bonds. The Labute approximate surface area is 113 Å². The first-order valence-corrected chi connectivity index (χ1v) is 6.36. The summed E-state index contributed by atoms with van der Waals surface area (Å²) < 4.78 is 43.1. The van der Waals surface area contributed by atoms with Gasteiger partial charge in [-0.3, -0.25) is 4.90 Å². The lowest BCUT2D eigenvalue weighted by atomic mass is 10.3. The zero-order chi connectivity index (χ0) is 14.3. The molecule has 7 heteroatoms. The summed E-state index contributed by atoms with van der Waals surface area (Å²) in [6.07, 6.45) is -2.62. The number of hydrogen-bond donors (Lipinski definition) is 1. The van der Waals surface area contributed by atoms with Crippen molar-refractivity contribution in [1.29, 1.82) is 0 Å². The highest BCUT2D eigenvalue weighted by Crippen LogP contribution is 2.31. The SMILES string of the molecule is Nc1ccc2oc(CN(CC(F)(F)F)C3CC3)nc2c1. The standard InChI is InChI=1S/C13H14F3N3O/c14-13(15,16)7-19(9-2-3-9)6-12-18-10-5-8(17)1-4-11(10)20-12/h1,4-5,9H,2-3,6-7,17H2. The Balaban J connectivity index is 1.79. The summed E-state index contributed by atoms with van der Waals surface area (Å²) in [5, 5.41) is 0. The van der Waals surface area contributed by atoms with E-state index in [1.54, 1.807) is 18.2 Å². The molecule has 20 heavy (non-hydrogen) atoms. The molecule has 2 N–H and O–H groups in total. The second-order valence-corrected chi connectivity index (χ2v) is 5.09. The zero-order valence-corrected chi connectivity index (χ0v) is 10.7. The van der Waals surface area contributed by atoms with Crippen molar-refractivity contribution >= 4 is 16.8 Å². The van der Waals surface area contributed by atoms with E-state index in [1.165, 1.54) is 4.90 Å². The molecule has 3 rings (SSSR count). The van der Waals surface area contributed by atoms with E-state index in [-0.39, 0.29) is 12.6 Å². The zero-order valence-electron chi connectivity index (χ0n) is 10.7. The summed E-state index contributed by atoms with van der Waals surface area (Å²) >= 11 is 0. The largest absolute Gasteiger partial charge is 0.439 e. The van der Waals surface area contributed by atoms with E-state index in [0.29, 0.717) is 22.7 Å². The molecule has 0 saturated heterocycles. The average molecular weight is 285 g/mol. The van der Waals surface area contributed by atoms with Crippen molar-refractivity contribution in [3.63, 3.8) is 0 Å². The van der Waals surface area contributed by atoms with Crippen molar-refractivity contribution in [2.75, 3.05) is 12.3 Å². The topological polar surface area (TPSA) is 55.3 Å². The van der Waals surface area contributed by atoms with Crippen LogP contribution in [0.3, 0.4) is 0 Å². The predicted molar refractivity (Wildman–Crippen MR) is 67.9 cm³/mol. The van der Waals surface area contributed by atoms with E-state index in [0.717, 1.165) is 12.8 Å². The summed E-state index contributed by atoms with van der Waals surface area (Å²) in [5.41, 5.74) is 7.29. The molecule has 0 aliphatic heterocycles. The molecular formula is C13H14F3N3O. The van der Waals surface area contributed by atoms with Crippen LogP contribution in [-0.4, -0.2) is 28.6 Å². The molecule has 1 saturated carbocycles. The number of nitrogen functional groups attached to an aromatic ring is 1. The second kappa shape index (κ2) is 4.66. The highest BCUT2D eigenvalue weighted by atomic mass is 19.4. The molecule has 4 nitrogen and oxygen atoms in total. The van der Waals surface area contributed by atoms with Crippen LogP contribution in [0.4, 0.5) is 18.9 Å². The van der Waals surface area contributed by atoms with Crippen LogP contribution in [0.15, 0.2) is 22.6 Å². The molecule has 1 heterocycles. The van der Waals surface area contributed by atoms with Gasteiger partial charge in [-0.1, -0.05) is 0 Å². The van der Waals surface area contributed by atoms with Crippen LogP contribution in [-0.2, 0) is 6.54 Å². The number of anilines is 1. The van der Waals surface area contributed by atoms with Gasteiger partial charge in [0.25, 0.3) is 0 Å². The van der Waals surface area contributed by atoms with Crippen LogP contribution >= 0.6 is 0 Å². The van der Waals surface area contributed by atoms with Gasteiger partial charge in [0.15, 0.2) is 5.58 Å². The number of nitrogens with two attached hydrogens (primary N) is 1. The first-order chi connectivity index (χ1) is 9.40. The van der Waals surface area contributed by atoms with Crippen molar-refractivity contribution in [2.24, 2.45) is 0 Å². The molecule has 1 aromatic carbocycles. The number of oxazole rings is 1. The van der Waals surface area contributed by atoms with Gasteiger partial charge in [-0.25, -0.2) is 4.98 Å². The number of hydrogen-bond acceptors (Lipinski definition) is 4. The fraction of sp³-hybridized carbons (Fsp3) is 0.462. The van der Waals surface area contributed by atoms with Crippen LogP contribution < -0.4 is 5.73 Å². The number of alkyl halides is 3. The lowest BCUT2D eigenvalue weighted by Gasteiger charge is -2.21. The Hall–Kier alpha value is -1.76. The highest BCUT2D eigenvalue weighted by Gasteiger charge is 2.38. The fourth-order valence-electron chi connectivity index (χ4n) is 2.22. The molecule has 0 radical (unpaired) electrons. The monoisotopic (exact) mass is 285 g/mol. The van der Waals surface area contributed by atoms with E-state index in [1.807, 2.05) is 0 Å². The molecule has 1 aliphatic rings. The first kappa shape index (κ1) is 13.2. The molecule has 0 spiro atoms. The minimum atomic E-state index is -4.21. The normalized spacial score (nSPS) is 16.2. The van der Waals surface area contributed by atoms with E-state index in [4.69, 9.17) is 10.2 Å². The Bertz CT molecular complexity index is 619. The van der Waals surface area contributed by atoms with Gasteiger partial charge in [0.05, 0.1) is 13.1 Å². The van der Waals surface area contributed by atoms with E-state index < -0.39 is 12.7 Å². The number of aromatic nitrogens is 1. The van der Waals surface area contributed by atoms with Gasteiger partial charge in [-0.2, -0.15) is 13.2 Å². The molecule has 108 valence electrons. The summed E-state index contributed by atoms with van der Waals surface area (Å²) in [6.45, 7) is -0.864. The highest BCUT2D eigenvalue weighted by molar-refractivity contribution is 5.76. The van der Waals surface area contributed by atoms with Crippen LogP contribution in [0.1, 0.15) is 18.7 Å². The molecule has 0 atom stereocenters. The van der Waals surface area contributed by atoms with E-state index in [2.05, 4.69) is 4.98 Å². The van der Waals surface area contributed by atoms with Crippen LogP contribution in [0.5, 0.6) is 0 Å². The van der Waals surface area contributed by atoms with Crippen LogP contribution in [0.2, 0.25) is 0 Å². The predicted octanol–water partition coefficient (Wildman–Crippen LogP) is 2.94. The number of halogens is 3.